The third-order valence-corrected chi connectivity index (χ3v) is 3.01. The van der Waals surface area contributed by atoms with Crippen molar-refractivity contribution in [3.05, 3.63) is 53.7 Å². The molecule has 0 amide bonds. The average Bonchev–Trinajstić information content (AvgIpc) is 2.39. The molecular weight excluding hydrogens is 218 g/mol. The van der Waals surface area contributed by atoms with Crippen molar-refractivity contribution in [3.8, 4) is 11.3 Å². The van der Waals surface area contributed by atoms with E-state index < -0.39 is 6.37 Å². The first kappa shape index (κ1) is 10.3. The molecule has 0 fully saturated rings. The third kappa shape index (κ3) is 2.79. The molecule has 1 nitrogen and oxygen atoms in total. The van der Waals surface area contributed by atoms with Crippen LogP contribution in [-0.2, 0) is 13.4 Å². The molecule has 18 heavy (non-hydrogen) atoms. The van der Waals surface area contributed by atoms with Gasteiger partial charge in [-0.2, -0.15) is 0 Å². The summed E-state index contributed by atoms with van der Waals surface area (Å²) in [5.74, 6) is -0.0411. The largest absolute Gasteiger partial charge is 0.212 e. The summed E-state index contributed by atoms with van der Waals surface area (Å²) in [6.45, 7) is 5.88. The molecule has 0 unspecified atom stereocenters. The van der Waals surface area contributed by atoms with Gasteiger partial charge in [-0.05, 0) is 42.5 Å². The maximum atomic E-state index is 8.20. The number of hydrogen-bond acceptors (Lipinski definition) is 0. The normalized spacial score (nSPS) is 13.4. The summed E-state index contributed by atoms with van der Waals surface area (Å²) >= 11 is 0. The number of nitrogens with zero attached hydrogens (tertiary/aromatic N) is 1. The third-order valence-electron chi connectivity index (χ3n) is 3.01. The summed E-state index contributed by atoms with van der Waals surface area (Å²) in [6, 6.07) is 12.0. The van der Waals surface area contributed by atoms with Crippen molar-refractivity contribution in [2.45, 2.75) is 27.1 Å². The Morgan fingerprint density at radius 1 is 1.22 bits per heavy atom. The van der Waals surface area contributed by atoms with Gasteiger partial charge in [-0.15, -0.1) is 0 Å². The van der Waals surface area contributed by atoms with E-state index in [1.807, 2.05) is 64.3 Å². The Bertz CT molecular complexity index is 618. The molecule has 0 saturated heterocycles. The van der Waals surface area contributed by atoms with E-state index in [-0.39, 0.29) is 5.92 Å². The lowest BCUT2D eigenvalue weighted by Gasteiger charge is -2.09. The van der Waals surface area contributed by atoms with Gasteiger partial charge in [0.2, 0.25) is 5.69 Å². The second-order valence-corrected chi connectivity index (χ2v) is 5.03. The maximum Gasteiger partial charge on any atom is 0.212 e. The van der Waals surface area contributed by atoms with E-state index >= 15 is 0 Å². The predicted octanol–water partition coefficient (Wildman–Crippen LogP) is 3.69. The van der Waals surface area contributed by atoms with Crippen LogP contribution in [0, 0.1) is 12.8 Å². The van der Waals surface area contributed by atoms with Crippen LogP contribution in [0.1, 0.15) is 27.7 Å². The highest BCUT2D eigenvalue weighted by molar-refractivity contribution is 5.61. The van der Waals surface area contributed by atoms with Gasteiger partial charge in [0.15, 0.2) is 6.20 Å². The fraction of sp³-hybridized carbons (Fsp3) is 0.353. The smallest absolute Gasteiger partial charge is 0.201 e. The van der Waals surface area contributed by atoms with Crippen LogP contribution < -0.4 is 4.57 Å². The zero-order valence-corrected chi connectivity index (χ0v) is 11.6. The Hall–Kier alpha value is -1.63. The number of hydrogen-bond donors (Lipinski definition) is 0. The van der Waals surface area contributed by atoms with Gasteiger partial charge in [0, 0.05) is 20.4 Å². The summed E-state index contributed by atoms with van der Waals surface area (Å²) in [4.78, 5) is 0. The molecule has 0 bridgehead atoms. The predicted molar refractivity (Wildman–Crippen MR) is 76.3 cm³/mol. The van der Waals surface area contributed by atoms with E-state index in [2.05, 4.69) is 10.6 Å². The van der Waals surface area contributed by atoms with Gasteiger partial charge in [-0.25, -0.2) is 4.57 Å². The molecule has 94 valence electrons. The fourth-order valence-electron chi connectivity index (χ4n) is 2.18. The standard InChI is InChI=1S/C17H22N/c1-13(2)11-15-8-9-16(14(3)12-15)17-7-5-6-10-18(17)4/h5-10,12-13H,11H2,1-4H3/q+1/i11D2. The molecule has 2 aromatic rings. The first-order valence-electron chi connectivity index (χ1n) is 7.40. The second kappa shape index (κ2) is 5.34. The Balaban J connectivity index is 2.49. The van der Waals surface area contributed by atoms with Crippen molar-refractivity contribution < 1.29 is 7.31 Å². The molecule has 0 aliphatic heterocycles. The van der Waals surface area contributed by atoms with E-state index in [9.17, 15) is 0 Å². The van der Waals surface area contributed by atoms with E-state index in [0.717, 1.165) is 22.4 Å². The molecule has 0 spiro atoms. The van der Waals surface area contributed by atoms with Crippen LogP contribution in [0.5, 0.6) is 0 Å². The van der Waals surface area contributed by atoms with Crippen LogP contribution in [0.2, 0.25) is 0 Å². The zero-order valence-electron chi connectivity index (χ0n) is 13.6. The highest BCUT2D eigenvalue weighted by Crippen LogP contribution is 2.22. The van der Waals surface area contributed by atoms with Crippen LogP contribution >= 0.6 is 0 Å². The van der Waals surface area contributed by atoms with Gasteiger partial charge >= 0.3 is 0 Å². The van der Waals surface area contributed by atoms with Gasteiger partial charge in [0.1, 0.15) is 7.05 Å². The lowest BCUT2D eigenvalue weighted by atomic mass is 9.97. The lowest BCUT2D eigenvalue weighted by Crippen LogP contribution is -2.30. The molecule has 1 heterocycles. The van der Waals surface area contributed by atoms with E-state index in [1.165, 1.54) is 0 Å². The minimum Gasteiger partial charge on any atom is -0.201 e. The van der Waals surface area contributed by atoms with Crippen LogP contribution in [0.25, 0.3) is 11.3 Å². The Morgan fingerprint density at radius 3 is 2.61 bits per heavy atom. The number of aryl methyl sites for hydroxylation is 2. The zero-order chi connectivity index (χ0) is 14.9. The van der Waals surface area contributed by atoms with Gasteiger partial charge in [0.05, 0.1) is 0 Å². The van der Waals surface area contributed by atoms with Crippen LogP contribution in [0.3, 0.4) is 0 Å². The van der Waals surface area contributed by atoms with Crippen molar-refractivity contribution >= 4 is 0 Å². The van der Waals surface area contributed by atoms with E-state index in [0.29, 0.717) is 0 Å². The Labute approximate surface area is 113 Å². The summed E-state index contributed by atoms with van der Waals surface area (Å²) in [5.41, 5.74) is 4.15. The van der Waals surface area contributed by atoms with Crippen molar-refractivity contribution in [3.63, 3.8) is 0 Å². The van der Waals surface area contributed by atoms with Crippen LogP contribution in [-0.4, -0.2) is 0 Å². The molecule has 1 heteroatoms. The van der Waals surface area contributed by atoms with Crippen LogP contribution in [0.4, 0.5) is 0 Å². The van der Waals surface area contributed by atoms with Gasteiger partial charge < -0.3 is 0 Å². The van der Waals surface area contributed by atoms with Gasteiger partial charge in [-0.1, -0.05) is 26.0 Å². The van der Waals surface area contributed by atoms with Gasteiger partial charge in [0.25, 0.3) is 0 Å². The van der Waals surface area contributed by atoms with E-state index in [4.69, 9.17) is 2.74 Å². The first-order valence-corrected chi connectivity index (χ1v) is 6.40. The molecule has 0 aliphatic carbocycles. The highest BCUT2D eigenvalue weighted by atomic mass is 14.9. The molecule has 0 saturated carbocycles. The SMILES string of the molecule is [2H]C([2H])(c1ccc(-c2cccc[n+]2C)c(C)c1)C(C)C. The monoisotopic (exact) mass is 242 g/mol. The quantitative estimate of drug-likeness (QED) is 0.723. The number of aromatic nitrogens is 1. The topological polar surface area (TPSA) is 3.88 Å². The van der Waals surface area contributed by atoms with Crippen molar-refractivity contribution in [2.75, 3.05) is 0 Å². The van der Waals surface area contributed by atoms with Gasteiger partial charge in [-0.3, -0.25) is 0 Å². The molecule has 0 radical (unpaired) electrons. The summed E-state index contributed by atoms with van der Waals surface area (Å²) in [6.07, 6.45) is 0.734. The fourth-order valence-corrected chi connectivity index (χ4v) is 2.18. The minimum absolute atomic E-state index is 0.0411. The van der Waals surface area contributed by atoms with Crippen LogP contribution in [0.15, 0.2) is 42.6 Å². The Kier molecular flexibility index (Phi) is 3.06. The number of benzene rings is 1. The number of pyridine rings is 1. The number of rotatable bonds is 3. The second-order valence-electron chi connectivity index (χ2n) is 5.03. The van der Waals surface area contributed by atoms with Crippen molar-refractivity contribution in [2.24, 2.45) is 13.0 Å². The average molecular weight is 242 g/mol. The summed E-state index contributed by atoms with van der Waals surface area (Å²) in [5, 5.41) is 0. The molecular formula is C17H22N+. The minimum atomic E-state index is -1.29. The summed E-state index contributed by atoms with van der Waals surface area (Å²) in [7, 11) is 2.02. The lowest BCUT2D eigenvalue weighted by molar-refractivity contribution is -0.660. The van der Waals surface area contributed by atoms with Crippen molar-refractivity contribution in [1.82, 2.24) is 0 Å². The van der Waals surface area contributed by atoms with Crippen molar-refractivity contribution in [1.29, 1.82) is 0 Å². The Morgan fingerprint density at radius 2 is 2.00 bits per heavy atom. The maximum absolute atomic E-state index is 8.20. The highest BCUT2D eigenvalue weighted by Gasteiger charge is 2.11. The van der Waals surface area contributed by atoms with E-state index in [1.54, 1.807) is 0 Å². The molecule has 1 aromatic carbocycles. The molecule has 1 aromatic heterocycles. The molecule has 0 atom stereocenters. The molecule has 2 rings (SSSR count). The summed E-state index contributed by atoms with van der Waals surface area (Å²) < 4.78 is 18.5. The first-order chi connectivity index (χ1) is 9.34. The molecule has 0 aliphatic rings. The molecule has 0 N–H and O–H groups in total.